The predicted octanol–water partition coefficient (Wildman–Crippen LogP) is 4.70. The van der Waals surface area contributed by atoms with Gasteiger partial charge in [-0.25, -0.2) is 4.98 Å². The zero-order valence-electron chi connectivity index (χ0n) is 17.4. The number of aromatic amines is 1. The van der Waals surface area contributed by atoms with E-state index >= 15 is 0 Å². The van der Waals surface area contributed by atoms with Crippen LogP contribution >= 0.6 is 11.3 Å². The van der Waals surface area contributed by atoms with Crippen LogP contribution in [0, 0.1) is 0 Å². The van der Waals surface area contributed by atoms with Crippen LogP contribution in [0.3, 0.4) is 0 Å². The lowest BCUT2D eigenvalue weighted by atomic mass is 10.00. The number of benzene rings is 2. The molecule has 2 aromatic carbocycles. The molecule has 0 aliphatic heterocycles. The Hall–Kier alpha value is -3.48. The van der Waals surface area contributed by atoms with Crippen molar-refractivity contribution in [3.05, 3.63) is 101 Å². The highest BCUT2D eigenvalue weighted by atomic mass is 32.1. The zero-order chi connectivity index (χ0) is 21.9. The molecule has 5 nitrogen and oxygen atoms in total. The Labute approximate surface area is 189 Å². The lowest BCUT2D eigenvalue weighted by molar-refractivity contribution is 0.0920. The Morgan fingerprint density at radius 2 is 1.84 bits per heavy atom. The highest BCUT2D eigenvalue weighted by Crippen LogP contribution is 2.34. The molecular weight excluding hydrogens is 418 g/mol. The Balaban J connectivity index is 1.48. The molecule has 0 aliphatic carbocycles. The monoisotopic (exact) mass is 441 g/mol. The van der Waals surface area contributed by atoms with E-state index in [4.69, 9.17) is 0 Å². The maximum absolute atomic E-state index is 13.4. The second kappa shape index (κ2) is 8.94. The maximum atomic E-state index is 13.4. The molecule has 3 aromatic heterocycles. The molecule has 160 valence electrons. The Kier molecular flexibility index (Phi) is 5.71. The smallest absolute Gasteiger partial charge is 0.261 e. The minimum absolute atomic E-state index is 0.116. The number of nitrogens with one attached hydrogen (secondary N) is 2. The summed E-state index contributed by atoms with van der Waals surface area (Å²) < 4.78 is 1.08. The molecule has 0 radical (unpaired) electrons. The first-order valence-corrected chi connectivity index (χ1v) is 11.4. The first-order chi connectivity index (χ1) is 15.7. The summed E-state index contributed by atoms with van der Waals surface area (Å²) in [6.45, 7) is -0.116. The van der Waals surface area contributed by atoms with Gasteiger partial charge in [0.25, 0.3) is 5.91 Å². The summed E-state index contributed by atoms with van der Waals surface area (Å²) in [5, 5.41) is 15.1. The Morgan fingerprint density at radius 1 is 1.03 bits per heavy atom. The number of thiophene rings is 1. The third-order valence-corrected chi connectivity index (χ3v) is 6.91. The van der Waals surface area contributed by atoms with Crippen molar-refractivity contribution in [1.82, 2.24) is 15.3 Å². The van der Waals surface area contributed by atoms with Crippen LogP contribution in [0.15, 0.2) is 79.1 Å². The normalized spacial score (nSPS) is 12.3. The number of pyridine rings is 1. The molecule has 32 heavy (non-hydrogen) atoms. The molecule has 3 heterocycles. The van der Waals surface area contributed by atoms with E-state index in [2.05, 4.69) is 21.4 Å². The first kappa shape index (κ1) is 20.4. The number of H-pyrrole nitrogens is 1. The maximum Gasteiger partial charge on any atom is 0.261 e. The molecule has 5 aromatic rings. The molecule has 0 spiro atoms. The quantitative estimate of drug-likeness (QED) is 0.343. The van der Waals surface area contributed by atoms with Crippen LogP contribution in [0.4, 0.5) is 0 Å². The third kappa shape index (κ3) is 4.02. The van der Waals surface area contributed by atoms with Gasteiger partial charge in [0, 0.05) is 28.9 Å². The van der Waals surface area contributed by atoms with Gasteiger partial charge in [0.2, 0.25) is 0 Å². The van der Waals surface area contributed by atoms with E-state index in [1.165, 1.54) is 11.3 Å². The highest BCUT2D eigenvalue weighted by molar-refractivity contribution is 7.21. The minimum atomic E-state index is -0.347. The van der Waals surface area contributed by atoms with Crippen molar-refractivity contribution in [2.45, 2.75) is 18.9 Å². The number of amides is 1. The lowest BCUT2D eigenvalue weighted by Crippen LogP contribution is -2.39. The highest BCUT2D eigenvalue weighted by Gasteiger charge is 2.22. The number of aliphatic hydroxyl groups excluding tert-OH is 1. The summed E-state index contributed by atoms with van der Waals surface area (Å²) in [4.78, 5) is 21.6. The molecular formula is C26H23N3O2S. The van der Waals surface area contributed by atoms with Crippen LogP contribution in [0.2, 0.25) is 0 Å². The Bertz CT molecular complexity index is 1370. The van der Waals surface area contributed by atoms with Gasteiger partial charge in [0.1, 0.15) is 5.65 Å². The number of hydrogen-bond acceptors (Lipinski definition) is 4. The molecule has 0 bridgehead atoms. The van der Waals surface area contributed by atoms with E-state index in [0.717, 1.165) is 37.8 Å². The molecule has 6 heteroatoms. The van der Waals surface area contributed by atoms with E-state index in [0.29, 0.717) is 17.7 Å². The number of hydrogen-bond donors (Lipinski definition) is 3. The van der Waals surface area contributed by atoms with Crippen LogP contribution in [0.25, 0.3) is 21.1 Å². The SMILES string of the molecule is O=C(N[C@H](CO)Cc1ccccc1)c1sc2ccccc2c1Cc1ccnc2[nH]ccc12. The Morgan fingerprint density at radius 3 is 2.69 bits per heavy atom. The van der Waals surface area contributed by atoms with Gasteiger partial charge in [-0.1, -0.05) is 48.5 Å². The van der Waals surface area contributed by atoms with Crippen molar-refractivity contribution in [2.75, 3.05) is 6.61 Å². The van der Waals surface area contributed by atoms with Gasteiger partial charge in [-0.15, -0.1) is 11.3 Å². The average Bonchev–Trinajstić information content (AvgIpc) is 3.45. The van der Waals surface area contributed by atoms with Gasteiger partial charge in [-0.05, 0) is 46.7 Å². The summed E-state index contributed by atoms with van der Waals surface area (Å²) in [6.07, 6.45) is 4.89. The van der Waals surface area contributed by atoms with Gasteiger partial charge in [-0.3, -0.25) is 4.79 Å². The number of aliphatic hydroxyl groups is 1. The summed E-state index contributed by atoms with van der Waals surface area (Å²) in [6, 6.07) is 21.7. The standard InChI is InChI=1S/C26H23N3O2S/c30-16-19(14-17-6-2-1-3-7-17)29-26(31)24-22(21-8-4-5-9-23(21)32-24)15-18-10-12-27-25-20(18)11-13-28-25/h1-13,19,30H,14-16H2,(H,27,28)(H,29,31)/t19-/m0/s1. The van der Waals surface area contributed by atoms with Crippen LogP contribution in [0.5, 0.6) is 0 Å². The number of aromatic nitrogens is 2. The second-order valence-corrected chi connectivity index (χ2v) is 8.89. The van der Waals surface area contributed by atoms with E-state index in [1.807, 2.05) is 66.9 Å². The van der Waals surface area contributed by atoms with Crippen molar-refractivity contribution >= 4 is 38.4 Å². The van der Waals surface area contributed by atoms with Crippen molar-refractivity contribution in [3.8, 4) is 0 Å². The summed E-state index contributed by atoms with van der Waals surface area (Å²) in [7, 11) is 0. The zero-order valence-corrected chi connectivity index (χ0v) is 18.2. The number of carbonyl (C=O) groups is 1. The van der Waals surface area contributed by atoms with Crippen LogP contribution in [0.1, 0.15) is 26.4 Å². The van der Waals surface area contributed by atoms with E-state index in [-0.39, 0.29) is 18.6 Å². The summed E-state index contributed by atoms with van der Waals surface area (Å²) in [5.74, 6) is -0.143. The first-order valence-electron chi connectivity index (χ1n) is 10.6. The molecule has 1 atom stereocenters. The number of rotatable bonds is 7. The van der Waals surface area contributed by atoms with Crippen LogP contribution in [-0.4, -0.2) is 33.6 Å². The number of carbonyl (C=O) groups excluding carboxylic acids is 1. The minimum Gasteiger partial charge on any atom is -0.394 e. The number of nitrogens with zero attached hydrogens (tertiary/aromatic N) is 1. The van der Waals surface area contributed by atoms with Gasteiger partial charge >= 0.3 is 0 Å². The fourth-order valence-electron chi connectivity index (χ4n) is 4.13. The molecule has 5 rings (SSSR count). The molecule has 0 unspecified atom stereocenters. The van der Waals surface area contributed by atoms with Crippen molar-refractivity contribution in [1.29, 1.82) is 0 Å². The van der Waals surface area contributed by atoms with Gasteiger partial charge < -0.3 is 15.4 Å². The van der Waals surface area contributed by atoms with E-state index in [9.17, 15) is 9.90 Å². The largest absolute Gasteiger partial charge is 0.394 e. The van der Waals surface area contributed by atoms with E-state index in [1.54, 1.807) is 6.20 Å². The van der Waals surface area contributed by atoms with Crippen molar-refractivity contribution in [3.63, 3.8) is 0 Å². The topological polar surface area (TPSA) is 78.0 Å². The molecule has 0 saturated heterocycles. The molecule has 0 aliphatic rings. The van der Waals surface area contributed by atoms with Crippen LogP contribution < -0.4 is 5.32 Å². The lowest BCUT2D eigenvalue weighted by Gasteiger charge is -2.16. The fourth-order valence-corrected chi connectivity index (χ4v) is 5.26. The summed E-state index contributed by atoms with van der Waals surface area (Å²) in [5.41, 5.74) is 4.05. The van der Waals surface area contributed by atoms with Gasteiger partial charge in [0.05, 0.1) is 17.5 Å². The molecule has 0 saturated carbocycles. The molecule has 3 N–H and O–H groups in total. The molecule has 1 amide bonds. The number of fused-ring (bicyclic) bond motifs is 2. The third-order valence-electron chi connectivity index (χ3n) is 5.70. The van der Waals surface area contributed by atoms with Crippen molar-refractivity contribution in [2.24, 2.45) is 0 Å². The van der Waals surface area contributed by atoms with Crippen molar-refractivity contribution < 1.29 is 9.90 Å². The fraction of sp³-hybridized carbons (Fsp3) is 0.154. The predicted molar refractivity (Wildman–Crippen MR) is 129 cm³/mol. The molecule has 0 fully saturated rings. The van der Waals surface area contributed by atoms with Gasteiger partial charge in [-0.2, -0.15) is 0 Å². The van der Waals surface area contributed by atoms with Crippen LogP contribution in [-0.2, 0) is 12.8 Å². The van der Waals surface area contributed by atoms with E-state index < -0.39 is 0 Å². The summed E-state index contributed by atoms with van der Waals surface area (Å²) >= 11 is 1.50. The second-order valence-electron chi connectivity index (χ2n) is 7.84. The van der Waals surface area contributed by atoms with Gasteiger partial charge in [0.15, 0.2) is 0 Å². The average molecular weight is 442 g/mol.